The number of carbonyl (C=O) groups excluding carboxylic acids is 1. The number of H-pyrrole nitrogens is 1. The zero-order valence-electron chi connectivity index (χ0n) is 12.7. The van der Waals surface area contributed by atoms with Crippen molar-refractivity contribution in [2.75, 3.05) is 7.11 Å². The molecule has 9 heteroatoms. The van der Waals surface area contributed by atoms with Crippen LogP contribution in [0.15, 0.2) is 42.7 Å². The van der Waals surface area contributed by atoms with Gasteiger partial charge in [-0.1, -0.05) is 12.1 Å². The molecule has 2 heterocycles. The maximum Gasteiger partial charge on any atom is 0.239 e. The van der Waals surface area contributed by atoms with Gasteiger partial charge < -0.3 is 9.84 Å². The lowest BCUT2D eigenvalue weighted by Gasteiger charge is -2.03. The van der Waals surface area contributed by atoms with Gasteiger partial charge in [-0.15, -0.1) is 10.2 Å². The molecule has 0 amide bonds. The summed E-state index contributed by atoms with van der Waals surface area (Å²) >= 11 is 0. The highest BCUT2D eigenvalue weighted by atomic mass is 16.5. The molecule has 0 atom stereocenters. The standard InChI is InChI=1S/C15H14N6O3/c1-24-12-4-2-10(3-5-12)8-21-9-11(7-16-21)13(22)6-14(23)15-17-19-20-18-15/h2-7,9,23H,8H2,1H3,(H,17,18,19,20). The number of hydrogen-bond donors (Lipinski definition) is 2. The van der Waals surface area contributed by atoms with Gasteiger partial charge in [0.25, 0.3) is 0 Å². The van der Waals surface area contributed by atoms with Gasteiger partial charge in [-0.05, 0) is 22.9 Å². The third-order valence-corrected chi connectivity index (χ3v) is 3.26. The quantitative estimate of drug-likeness (QED) is 0.397. The van der Waals surface area contributed by atoms with Crippen molar-refractivity contribution in [1.82, 2.24) is 30.4 Å². The monoisotopic (exact) mass is 326 g/mol. The number of benzene rings is 1. The smallest absolute Gasteiger partial charge is 0.239 e. The molecule has 0 aliphatic carbocycles. The van der Waals surface area contributed by atoms with Gasteiger partial charge in [0.1, 0.15) is 5.75 Å². The Balaban J connectivity index is 1.70. The summed E-state index contributed by atoms with van der Waals surface area (Å²) in [4.78, 5) is 12.1. The minimum Gasteiger partial charge on any atom is -0.504 e. The van der Waals surface area contributed by atoms with Crippen LogP contribution in [0, 0.1) is 0 Å². The Kier molecular flexibility index (Phi) is 4.32. The number of aromatic nitrogens is 6. The molecule has 2 N–H and O–H groups in total. The summed E-state index contributed by atoms with van der Waals surface area (Å²) in [5.74, 6) is -0.0407. The van der Waals surface area contributed by atoms with Crippen molar-refractivity contribution in [2.24, 2.45) is 0 Å². The predicted molar refractivity (Wildman–Crippen MR) is 83.4 cm³/mol. The third-order valence-electron chi connectivity index (χ3n) is 3.26. The average molecular weight is 326 g/mol. The Labute approximate surface area is 136 Å². The highest BCUT2D eigenvalue weighted by Gasteiger charge is 2.11. The number of aromatic amines is 1. The first kappa shape index (κ1) is 15.4. The summed E-state index contributed by atoms with van der Waals surface area (Å²) in [7, 11) is 1.61. The fourth-order valence-electron chi connectivity index (χ4n) is 2.04. The normalized spacial score (nSPS) is 11.5. The van der Waals surface area contributed by atoms with E-state index < -0.39 is 5.78 Å². The Morgan fingerprint density at radius 1 is 1.38 bits per heavy atom. The van der Waals surface area contributed by atoms with Crippen LogP contribution in [0.3, 0.4) is 0 Å². The molecule has 1 aromatic carbocycles. The lowest BCUT2D eigenvalue weighted by molar-refractivity contribution is 0.104. The van der Waals surface area contributed by atoms with E-state index in [0.717, 1.165) is 17.4 Å². The minimum absolute atomic E-state index is 0.0472. The third kappa shape index (κ3) is 3.46. The van der Waals surface area contributed by atoms with E-state index in [-0.39, 0.29) is 11.6 Å². The van der Waals surface area contributed by atoms with Crippen molar-refractivity contribution < 1.29 is 14.6 Å². The van der Waals surface area contributed by atoms with Crippen LogP contribution in [0.5, 0.6) is 5.75 Å². The van der Waals surface area contributed by atoms with Gasteiger partial charge in [-0.2, -0.15) is 10.3 Å². The van der Waals surface area contributed by atoms with E-state index in [0.29, 0.717) is 12.1 Å². The molecule has 3 aromatic rings. The first-order chi connectivity index (χ1) is 11.7. The number of hydrogen-bond acceptors (Lipinski definition) is 7. The summed E-state index contributed by atoms with van der Waals surface area (Å²) in [6, 6.07) is 7.56. The van der Waals surface area contributed by atoms with E-state index in [1.54, 1.807) is 18.0 Å². The molecule has 3 rings (SSSR count). The van der Waals surface area contributed by atoms with Crippen LogP contribution in [-0.2, 0) is 6.54 Å². The van der Waals surface area contributed by atoms with Crippen molar-refractivity contribution in [2.45, 2.75) is 6.54 Å². The number of nitrogens with one attached hydrogen (secondary N) is 1. The fourth-order valence-corrected chi connectivity index (χ4v) is 2.04. The summed E-state index contributed by atoms with van der Waals surface area (Å²) < 4.78 is 6.74. The molecule has 9 nitrogen and oxygen atoms in total. The minimum atomic E-state index is -0.404. The molecule has 122 valence electrons. The maximum atomic E-state index is 12.1. The Hall–Kier alpha value is -3.49. The molecule has 0 saturated carbocycles. The van der Waals surface area contributed by atoms with Gasteiger partial charge in [-0.25, -0.2) is 0 Å². The van der Waals surface area contributed by atoms with Gasteiger partial charge in [0.15, 0.2) is 11.5 Å². The second kappa shape index (κ2) is 6.73. The van der Waals surface area contributed by atoms with Gasteiger partial charge in [0.2, 0.25) is 5.82 Å². The Morgan fingerprint density at radius 3 is 2.83 bits per heavy atom. The molecule has 24 heavy (non-hydrogen) atoms. The molecule has 0 radical (unpaired) electrons. The van der Waals surface area contributed by atoms with Gasteiger partial charge in [0, 0.05) is 12.3 Å². The SMILES string of the molecule is COc1ccc(Cn2cc(C(=O)C=C(O)c3nn[nH]n3)cn2)cc1. The lowest BCUT2D eigenvalue weighted by atomic mass is 10.2. The lowest BCUT2D eigenvalue weighted by Crippen LogP contribution is -2.00. The van der Waals surface area contributed by atoms with Crippen molar-refractivity contribution in [3.8, 4) is 5.75 Å². The first-order valence-electron chi connectivity index (χ1n) is 7.00. The molecular formula is C15H14N6O3. The number of tetrazole rings is 1. The summed E-state index contributed by atoms with van der Waals surface area (Å²) in [5, 5.41) is 26.6. The van der Waals surface area contributed by atoms with Crippen LogP contribution in [0.1, 0.15) is 21.7 Å². The van der Waals surface area contributed by atoms with Gasteiger partial charge in [-0.3, -0.25) is 9.48 Å². The van der Waals surface area contributed by atoms with Crippen LogP contribution in [0.2, 0.25) is 0 Å². The summed E-state index contributed by atoms with van der Waals surface area (Å²) in [6.45, 7) is 0.512. The van der Waals surface area contributed by atoms with E-state index in [2.05, 4.69) is 25.7 Å². The number of ketones is 1. The number of rotatable bonds is 6. The molecule has 0 aliphatic rings. The largest absolute Gasteiger partial charge is 0.504 e. The molecular weight excluding hydrogens is 312 g/mol. The van der Waals surface area contributed by atoms with E-state index in [9.17, 15) is 9.90 Å². The van der Waals surface area contributed by atoms with E-state index in [1.165, 1.54) is 6.20 Å². The fraction of sp³-hybridized carbons (Fsp3) is 0.133. The second-order valence-electron chi connectivity index (χ2n) is 4.90. The highest BCUT2D eigenvalue weighted by molar-refractivity contribution is 6.07. The van der Waals surface area contributed by atoms with Crippen LogP contribution >= 0.6 is 0 Å². The molecule has 0 spiro atoms. The number of nitrogens with zero attached hydrogens (tertiary/aromatic N) is 5. The van der Waals surface area contributed by atoms with E-state index in [1.807, 2.05) is 24.3 Å². The number of allylic oxidation sites excluding steroid dienone is 1. The second-order valence-corrected chi connectivity index (χ2v) is 4.90. The van der Waals surface area contributed by atoms with Crippen LogP contribution in [0.25, 0.3) is 5.76 Å². The van der Waals surface area contributed by atoms with Crippen LogP contribution in [-0.4, -0.2) is 48.4 Å². The number of ether oxygens (including phenoxy) is 1. The van der Waals surface area contributed by atoms with E-state index >= 15 is 0 Å². The first-order valence-corrected chi connectivity index (χ1v) is 7.00. The molecule has 0 saturated heterocycles. The van der Waals surface area contributed by atoms with E-state index in [4.69, 9.17) is 4.74 Å². The van der Waals surface area contributed by atoms with Crippen molar-refractivity contribution in [3.63, 3.8) is 0 Å². The van der Waals surface area contributed by atoms with Crippen molar-refractivity contribution >= 4 is 11.5 Å². The van der Waals surface area contributed by atoms with Gasteiger partial charge in [0.05, 0.1) is 25.4 Å². The maximum absolute atomic E-state index is 12.1. The highest BCUT2D eigenvalue weighted by Crippen LogP contribution is 2.13. The van der Waals surface area contributed by atoms with Gasteiger partial charge >= 0.3 is 0 Å². The number of aliphatic hydroxyl groups is 1. The Bertz CT molecular complexity index is 852. The van der Waals surface area contributed by atoms with Crippen molar-refractivity contribution in [1.29, 1.82) is 0 Å². The average Bonchev–Trinajstić information content (AvgIpc) is 3.27. The molecule has 0 bridgehead atoms. The number of carbonyl (C=O) groups is 1. The summed E-state index contributed by atoms with van der Waals surface area (Å²) in [6.07, 6.45) is 4.07. The Morgan fingerprint density at radius 2 is 2.17 bits per heavy atom. The number of methoxy groups -OCH3 is 1. The van der Waals surface area contributed by atoms with Crippen LogP contribution < -0.4 is 4.74 Å². The number of aliphatic hydroxyl groups excluding tert-OH is 1. The summed E-state index contributed by atoms with van der Waals surface area (Å²) in [5.41, 5.74) is 1.36. The molecule has 2 aromatic heterocycles. The van der Waals surface area contributed by atoms with Crippen molar-refractivity contribution in [3.05, 3.63) is 59.7 Å². The molecule has 0 unspecified atom stereocenters. The molecule has 0 aliphatic heterocycles. The zero-order valence-corrected chi connectivity index (χ0v) is 12.7. The molecule has 0 fully saturated rings. The predicted octanol–water partition coefficient (Wildman–Crippen LogP) is 1.23. The topological polar surface area (TPSA) is 119 Å². The zero-order chi connectivity index (χ0) is 16.9. The van der Waals surface area contributed by atoms with Crippen LogP contribution in [0.4, 0.5) is 0 Å².